The SMILES string of the molecule is C/C=C/COc1ccc(OC(=O)C2CCCC3CC(C4CCC(CCCCCCC)CC4)CCC32)cc1F. The Balaban J connectivity index is 1.23. The van der Waals surface area contributed by atoms with Gasteiger partial charge in [-0.05, 0) is 87.2 Å². The Morgan fingerprint density at radius 2 is 1.74 bits per heavy atom. The van der Waals surface area contributed by atoms with Crippen LogP contribution in [0.25, 0.3) is 0 Å². The predicted octanol–water partition coefficient (Wildman–Crippen LogP) is 9.69. The van der Waals surface area contributed by atoms with E-state index in [4.69, 9.17) is 9.47 Å². The molecule has 3 nitrogen and oxygen atoms in total. The predicted molar refractivity (Wildman–Crippen MR) is 153 cm³/mol. The summed E-state index contributed by atoms with van der Waals surface area (Å²) in [5, 5.41) is 0. The lowest BCUT2D eigenvalue weighted by atomic mass is 9.59. The quantitative estimate of drug-likeness (QED) is 0.118. The maximum Gasteiger partial charge on any atom is 0.314 e. The molecule has 4 rings (SSSR count). The number of allylic oxidation sites excluding steroid dienone is 1. The molecule has 0 aliphatic heterocycles. The topological polar surface area (TPSA) is 35.5 Å². The average Bonchev–Trinajstić information content (AvgIpc) is 2.94. The summed E-state index contributed by atoms with van der Waals surface area (Å²) in [5.74, 6) is 3.55. The van der Waals surface area contributed by atoms with Crippen LogP contribution in [-0.4, -0.2) is 12.6 Å². The summed E-state index contributed by atoms with van der Waals surface area (Å²) in [7, 11) is 0. The third-order valence-electron chi connectivity index (χ3n) is 9.96. The molecule has 4 atom stereocenters. The van der Waals surface area contributed by atoms with Crippen LogP contribution in [0.1, 0.15) is 117 Å². The lowest BCUT2D eigenvalue weighted by Gasteiger charge is -2.46. The summed E-state index contributed by atoms with van der Waals surface area (Å²) in [5.41, 5.74) is 0. The molecule has 3 aliphatic carbocycles. The summed E-state index contributed by atoms with van der Waals surface area (Å²) in [6.45, 7) is 4.51. The van der Waals surface area contributed by atoms with Gasteiger partial charge in [-0.3, -0.25) is 4.79 Å². The van der Waals surface area contributed by atoms with Crippen LogP contribution in [0.3, 0.4) is 0 Å². The maximum atomic E-state index is 14.4. The number of unbranched alkanes of at least 4 members (excludes halogenated alkanes) is 4. The summed E-state index contributed by atoms with van der Waals surface area (Å²) in [6.07, 6.45) is 24.8. The van der Waals surface area contributed by atoms with E-state index in [1.165, 1.54) is 89.5 Å². The third kappa shape index (κ3) is 8.09. The van der Waals surface area contributed by atoms with E-state index in [9.17, 15) is 9.18 Å². The molecule has 0 N–H and O–H groups in total. The Kier molecular flexibility index (Phi) is 11.6. The van der Waals surface area contributed by atoms with Crippen molar-refractivity contribution in [1.82, 2.24) is 0 Å². The fourth-order valence-electron chi connectivity index (χ4n) is 7.79. The molecule has 3 fully saturated rings. The minimum Gasteiger partial charge on any atom is -0.486 e. The zero-order chi connectivity index (χ0) is 26.7. The molecule has 3 aliphatic rings. The first-order valence-electron chi connectivity index (χ1n) is 15.8. The molecule has 0 amide bonds. The Morgan fingerprint density at radius 1 is 0.947 bits per heavy atom. The molecule has 0 radical (unpaired) electrons. The zero-order valence-electron chi connectivity index (χ0n) is 24.0. The second-order valence-electron chi connectivity index (χ2n) is 12.4. The summed E-state index contributed by atoms with van der Waals surface area (Å²) in [6, 6.07) is 4.48. The normalized spacial score (nSPS) is 29.7. The van der Waals surface area contributed by atoms with Crippen molar-refractivity contribution in [1.29, 1.82) is 0 Å². The number of ether oxygens (including phenoxy) is 2. The van der Waals surface area contributed by atoms with Gasteiger partial charge in [0.1, 0.15) is 12.4 Å². The summed E-state index contributed by atoms with van der Waals surface area (Å²) < 4.78 is 25.6. The minimum absolute atomic E-state index is 0.0492. The number of benzene rings is 1. The monoisotopic (exact) mass is 526 g/mol. The van der Waals surface area contributed by atoms with Crippen LogP contribution in [0.2, 0.25) is 0 Å². The van der Waals surface area contributed by atoms with Gasteiger partial charge in [-0.15, -0.1) is 0 Å². The fraction of sp³-hybridized carbons (Fsp3) is 0.735. The molecule has 0 heterocycles. The second-order valence-corrected chi connectivity index (χ2v) is 12.4. The van der Waals surface area contributed by atoms with Gasteiger partial charge in [0.25, 0.3) is 0 Å². The first-order valence-corrected chi connectivity index (χ1v) is 15.8. The lowest BCUT2D eigenvalue weighted by Crippen LogP contribution is -2.40. The van der Waals surface area contributed by atoms with Gasteiger partial charge in [-0.2, -0.15) is 0 Å². The van der Waals surface area contributed by atoms with Crippen molar-refractivity contribution in [3.8, 4) is 11.5 Å². The molecule has 0 spiro atoms. The number of fused-ring (bicyclic) bond motifs is 1. The van der Waals surface area contributed by atoms with Crippen LogP contribution < -0.4 is 9.47 Å². The number of carbonyl (C=O) groups excluding carboxylic acids is 1. The zero-order valence-corrected chi connectivity index (χ0v) is 24.0. The van der Waals surface area contributed by atoms with Crippen molar-refractivity contribution < 1.29 is 18.7 Å². The van der Waals surface area contributed by atoms with E-state index in [0.29, 0.717) is 18.4 Å². The molecule has 212 valence electrons. The molecular formula is C34H51FO3. The van der Waals surface area contributed by atoms with E-state index in [0.717, 1.165) is 37.0 Å². The van der Waals surface area contributed by atoms with Crippen LogP contribution in [0.15, 0.2) is 30.4 Å². The van der Waals surface area contributed by atoms with Gasteiger partial charge in [0, 0.05) is 6.07 Å². The van der Waals surface area contributed by atoms with Gasteiger partial charge in [0.15, 0.2) is 11.6 Å². The standard InChI is InChI=1S/C34H51FO3/c1-3-5-7-8-9-11-25-14-16-26(17-15-25)27-18-20-30-28(23-27)12-10-13-31(30)34(36)38-29-19-21-33(32(35)24-29)37-22-6-4-2/h4,6,19,21,24-28,30-31H,3,5,7-18,20,22-23H2,1-2H3/b6-4+. The van der Waals surface area contributed by atoms with Crippen LogP contribution in [0, 0.1) is 41.3 Å². The minimum atomic E-state index is -0.493. The average molecular weight is 527 g/mol. The third-order valence-corrected chi connectivity index (χ3v) is 9.96. The van der Waals surface area contributed by atoms with E-state index in [1.807, 2.05) is 19.1 Å². The van der Waals surface area contributed by atoms with Gasteiger partial charge in [0.05, 0.1) is 5.92 Å². The van der Waals surface area contributed by atoms with E-state index >= 15 is 0 Å². The maximum absolute atomic E-state index is 14.4. The summed E-state index contributed by atoms with van der Waals surface area (Å²) >= 11 is 0. The molecule has 0 aromatic heterocycles. The van der Waals surface area contributed by atoms with Crippen LogP contribution in [-0.2, 0) is 4.79 Å². The summed E-state index contributed by atoms with van der Waals surface area (Å²) in [4.78, 5) is 13.2. The smallest absolute Gasteiger partial charge is 0.314 e. The first kappa shape index (κ1) is 29.2. The Hall–Kier alpha value is -1.84. The Bertz CT molecular complexity index is 888. The fourth-order valence-corrected chi connectivity index (χ4v) is 7.79. The molecule has 4 unspecified atom stereocenters. The van der Waals surface area contributed by atoms with Crippen molar-refractivity contribution >= 4 is 5.97 Å². The molecule has 1 aromatic carbocycles. The van der Waals surface area contributed by atoms with E-state index < -0.39 is 5.82 Å². The van der Waals surface area contributed by atoms with Gasteiger partial charge < -0.3 is 9.47 Å². The molecule has 1 aromatic rings. The van der Waals surface area contributed by atoms with Crippen molar-refractivity contribution in [2.75, 3.05) is 6.61 Å². The highest BCUT2D eigenvalue weighted by atomic mass is 19.1. The van der Waals surface area contributed by atoms with Gasteiger partial charge >= 0.3 is 5.97 Å². The molecule has 3 saturated carbocycles. The molecular weight excluding hydrogens is 475 g/mol. The Morgan fingerprint density at radius 3 is 2.50 bits per heavy atom. The van der Waals surface area contributed by atoms with Crippen molar-refractivity contribution in [3.05, 3.63) is 36.2 Å². The highest BCUT2D eigenvalue weighted by molar-refractivity contribution is 5.75. The molecule has 38 heavy (non-hydrogen) atoms. The number of esters is 1. The highest BCUT2D eigenvalue weighted by Crippen LogP contribution is 2.50. The number of hydrogen-bond acceptors (Lipinski definition) is 3. The Labute approximate surface area is 230 Å². The number of carbonyl (C=O) groups is 1. The van der Waals surface area contributed by atoms with E-state index in [1.54, 1.807) is 12.1 Å². The van der Waals surface area contributed by atoms with Crippen molar-refractivity contribution in [2.45, 2.75) is 117 Å². The lowest BCUT2D eigenvalue weighted by molar-refractivity contribution is -0.144. The van der Waals surface area contributed by atoms with Gasteiger partial charge in [-0.1, -0.05) is 83.3 Å². The molecule has 0 bridgehead atoms. The second kappa shape index (κ2) is 15.1. The van der Waals surface area contributed by atoms with Crippen LogP contribution in [0.5, 0.6) is 11.5 Å². The largest absolute Gasteiger partial charge is 0.486 e. The van der Waals surface area contributed by atoms with Crippen LogP contribution in [0.4, 0.5) is 4.39 Å². The number of rotatable bonds is 12. The number of hydrogen-bond donors (Lipinski definition) is 0. The van der Waals surface area contributed by atoms with E-state index in [2.05, 4.69) is 6.92 Å². The van der Waals surface area contributed by atoms with Crippen molar-refractivity contribution in [2.24, 2.45) is 35.5 Å². The van der Waals surface area contributed by atoms with Crippen molar-refractivity contribution in [3.63, 3.8) is 0 Å². The van der Waals surface area contributed by atoms with E-state index in [-0.39, 0.29) is 23.4 Å². The molecule has 4 heteroatoms. The highest BCUT2D eigenvalue weighted by Gasteiger charge is 2.43. The van der Waals surface area contributed by atoms with Gasteiger partial charge in [-0.25, -0.2) is 4.39 Å². The van der Waals surface area contributed by atoms with Gasteiger partial charge in [0.2, 0.25) is 0 Å². The van der Waals surface area contributed by atoms with Crippen LogP contribution >= 0.6 is 0 Å². The number of halogens is 1. The molecule has 0 saturated heterocycles. The first-order chi connectivity index (χ1) is 18.6.